The lowest BCUT2D eigenvalue weighted by Gasteiger charge is -2.24. The van der Waals surface area contributed by atoms with Crippen LogP contribution in [0.15, 0.2) is 78.9 Å². The number of amides is 2. The monoisotopic (exact) mass is 485 g/mol. The maximum absolute atomic E-state index is 12.9. The van der Waals surface area contributed by atoms with Crippen LogP contribution in [0.1, 0.15) is 50.8 Å². The molecule has 0 radical (unpaired) electrons. The van der Waals surface area contributed by atoms with Gasteiger partial charge in [0.1, 0.15) is 5.37 Å². The number of hydrogen-bond acceptors (Lipinski definition) is 4. The van der Waals surface area contributed by atoms with E-state index in [-0.39, 0.29) is 17.2 Å². The van der Waals surface area contributed by atoms with Crippen LogP contribution in [0.2, 0.25) is 0 Å². The molecule has 2 saturated heterocycles. The maximum Gasteiger partial charge on any atom is 0.251 e. The van der Waals surface area contributed by atoms with E-state index in [2.05, 4.69) is 28.4 Å². The van der Waals surface area contributed by atoms with Gasteiger partial charge in [0.2, 0.25) is 5.91 Å². The van der Waals surface area contributed by atoms with Crippen molar-refractivity contribution in [3.63, 3.8) is 0 Å². The first-order valence-electron chi connectivity index (χ1n) is 12.3. The minimum absolute atomic E-state index is 0.0303. The second-order valence-corrected chi connectivity index (χ2v) is 10.3. The predicted octanol–water partition coefficient (Wildman–Crippen LogP) is 4.99. The first-order valence-corrected chi connectivity index (χ1v) is 13.3. The molecule has 3 aromatic carbocycles. The van der Waals surface area contributed by atoms with Gasteiger partial charge in [-0.3, -0.25) is 14.5 Å². The highest BCUT2D eigenvalue weighted by molar-refractivity contribution is 8.00. The Morgan fingerprint density at radius 3 is 2.29 bits per heavy atom. The lowest BCUT2D eigenvalue weighted by molar-refractivity contribution is -0.128. The molecule has 6 heteroatoms. The van der Waals surface area contributed by atoms with E-state index < -0.39 is 0 Å². The van der Waals surface area contributed by atoms with Crippen molar-refractivity contribution in [2.24, 2.45) is 0 Å². The molecule has 2 fully saturated rings. The number of likely N-dealkylation sites (tertiary alicyclic amines) is 1. The molecular weight excluding hydrogens is 454 g/mol. The second kappa shape index (κ2) is 11.1. The summed E-state index contributed by atoms with van der Waals surface area (Å²) in [6, 6.07) is 26.1. The van der Waals surface area contributed by atoms with Crippen molar-refractivity contribution in [2.75, 3.05) is 18.8 Å². The highest BCUT2D eigenvalue weighted by Gasteiger charge is 2.32. The fraction of sp³-hybridized carbons (Fsp3) is 0.310. The quantitative estimate of drug-likeness (QED) is 0.489. The predicted molar refractivity (Wildman–Crippen MR) is 141 cm³/mol. The molecule has 1 N–H and O–H groups in total. The lowest BCUT2D eigenvalue weighted by atomic mass is 10.1. The van der Waals surface area contributed by atoms with E-state index in [0.717, 1.165) is 30.8 Å². The van der Waals surface area contributed by atoms with Gasteiger partial charge in [0.05, 0.1) is 5.75 Å². The fourth-order valence-electron chi connectivity index (χ4n) is 4.82. The number of rotatable bonds is 8. The average Bonchev–Trinajstić information content (AvgIpc) is 3.54. The van der Waals surface area contributed by atoms with Gasteiger partial charge in [-0.25, -0.2) is 0 Å². The van der Waals surface area contributed by atoms with Gasteiger partial charge in [0, 0.05) is 25.2 Å². The van der Waals surface area contributed by atoms with Crippen LogP contribution in [0.25, 0.3) is 0 Å². The van der Waals surface area contributed by atoms with Crippen molar-refractivity contribution < 1.29 is 9.59 Å². The van der Waals surface area contributed by atoms with Crippen LogP contribution in [0.3, 0.4) is 0 Å². The van der Waals surface area contributed by atoms with Crippen LogP contribution in [0, 0.1) is 0 Å². The van der Waals surface area contributed by atoms with Crippen molar-refractivity contribution in [1.29, 1.82) is 0 Å². The molecule has 5 rings (SSSR count). The summed E-state index contributed by atoms with van der Waals surface area (Å²) in [4.78, 5) is 29.8. The third kappa shape index (κ3) is 5.77. The van der Waals surface area contributed by atoms with Crippen molar-refractivity contribution >= 4 is 23.6 Å². The number of nitrogens with one attached hydrogen (secondary N) is 1. The number of hydrogen-bond donors (Lipinski definition) is 1. The van der Waals surface area contributed by atoms with Crippen LogP contribution in [0.5, 0.6) is 0 Å². The Balaban J connectivity index is 1.21. The zero-order valence-corrected chi connectivity index (χ0v) is 20.7. The normalized spacial score (nSPS) is 18.2. The van der Waals surface area contributed by atoms with Crippen LogP contribution in [-0.4, -0.2) is 40.5 Å². The molecular formula is C29H31N3O2S. The molecule has 0 aromatic heterocycles. The Kier molecular flexibility index (Phi) is 7.50. The lowest BCUT2D eigenvalue weighted by Crippen LogP contribution is -2.28. The second-order valence-electron chi connectivity index (χ2n) is 9.23. The first-order chi connectivity index (χ1) is 17.2. The SMILES string of the molecule is O=C(NCc1ccccc1CN1CCCC1)c1ccc(C2SCC(=O)N2Cc2ccccc2)cc1. The molecule has 0 bridgehead atoms. The third-order valence-electron chi connectivity index (χ3n) is 6.77. The Labute approximate surface area is 211 Å². The number of carbonyl (C=O) groups is 2. The zero-order chi connectivity index (χ0) is 24.0. The van der Waals surface area contributed by atoms with E-state index in [1.807, 2.05) is 65.6 Å². The molecule has 2 heterocycles. The Morgan fingerprint density at radius 1 is 0.857 bits per heavy atom. The summed E-state index contributed by atoms with van der Waals surface area (Å²) in [5.41, 5.74) is 5.25. The van der Waals surface area contributed by atoms with E-state index in [1.165, 1.54) is 24.0 Å². The van der Waals surface area contributed by atoms with Gasteiger partial charge in [-0.2, -0.15) is 0 Å². The summed E-state index contributed by atoms with van der Waals surface area (Å²) in [6.07, 6.45) is 2.54. The molecule has 2 aliphatic heterocycles. The smallest absolute Gasteiger partial charge is 0.251 e. The van der Waals surface area contributed by atoms with Gasteiger partial charge < -0.3 is 10.2 Å². The first kappa shape index (κ1) is 23.6. The van der Waals surface area contributed by atoms with Crippen molar-refractivity contribution in [1.82, 2.24) is 15.1 Å². The highest BCUT2D eigenvalue weighted by atomic mass is 32.2. The highest BCUT2D eigenvalue weighted by Crippen LogP contribution is 2.39. The summed E-state index contributed by atoms with van der Waals surface area (Å²) >= 11 is 1.64. The summed E-state index contributed by atoms with van der Waals surface area (Å²) < 4.78 is 0. The van der Waals surface area contributed by atoms with Crippen molar-refractivity contribution in [3.8, 4) is 0 Å². The minimum atomic E-state index is -0.0798. The zero-order valence-electron chi connectivity index (χ0n) is 19.9. The number of benzene rings is 3. The summed E-state index contributed by atoms with van der Waals surface area (Å²) in [7, 11) is 0. The third-order valence-corrected chi connectivity index (χ3v) is 8.03. The summed E-state index contributed by atoms with van der Waals surface area (Å²) in [5, 5.41) is 3.06. The van der Waals surface area contributed by atoms with Gasteiger partial charge in [-0.05, 0) is 60.3 Å². The van der Waals surface area contributed by atoms with Gasteiger partial charge in [0.15, 0.2) is 0 Å². The van der Waals surface area contributed by atoms with Gasteiger partial charge >= 0.3 is 0 Å². The molecule has 0 saturated carbocycles. The minimum Gasteiger partial charge on any atom is -0.348 e. The van der Waals surface area contributed by atoms with E-state index in [1.54, 1.807) is 11.8 Å². The molecule has 1 unspecified atom stereocenters. The average molecular weight is 486 g/mol. The summed E-state index contributed by atoms with van der Waals surface area (Å²) in [6.45, 7) is 4.36. The van der Waals surface area contributed by atoms with E-state index >= 15 is 0 Å². The fourth-order valence-corrected chi connectivity index (χ4v) is 6.01. The van der Waals surface area contributed by atoms with Crippen LogP contribution in [-0.2, 0) is 24.4 Å². The molecule has 0 aliphatic carbocycles. The van der Waals surface area contributed by atoms with E-state index in [9.17, 15) is 9.59 Å². The molecule has 2 amide bonds. The molecule has 2 aliphatic rings. The molecule has 5 nitrogen and oxygen atoms in total. The Hall–Kier alpha value is -3.09. The van der Waals surface area contributed by atoms with Crippen LogP contribution in [0.4, 0.5) is 0 Å². The van der Waals surface area contributed by atoms with E-state index in [0.29, 0.717) is 24.4 Å². The Bertz CT molecular complexity index is 1160. The number of thioether (sulfide) groups is 1. The number of carbonyl (C=O) groups excluding carboxylic acids is 2. The molecule has 180 valence electrons. The van der Waals surface area contributed by atoms with Gasteiger partial charge in [-0.15, -0.1) is 11.8 Å². The number of nitrogens with zero attached hydrogens (tertiary/aromatic N) is 2. The van der Waals surface area contributed by atoms with Gasteiger partial charge in [-0.1, -0.05) is 66.7 Å². The van der Waals surface area contributed by atoms with Crippen molar-refractivity contribution in [3.05, 3.63) is 107 Å². The Morgan fingerprint density at radius 2 is 1.54 bits per heavy atom. The molecule has 3 aromatic rings. The largest absolute Gasteiger partial charge is 0.348 e. The standard InChI is InChI=1S/C29H31N3O2S/c33-27-21-35-29(32(27)19-22-8-2-1-3-9-22)24-14-12-23(13-15-24)28(34)30-18-25-10-4-5-11-26(25)20-31-16-6-7-17-31/h1-5,8-15,29H,6-7,16-21H2,(H,30,34). The van der Waals surface area contributed by atoms with Gasteiger partial charge in [0.25, 0.3) is 5.91 Å². The van der Waals surface area contributed by atoms with Crippen molar-refractivity contribution in [2.45, 2.75) is 37.8 Å². The maximum atomic E-state index is 12.9. The van der Waals surface area contributed by atoms with Crippen LogP contribution < -0.4 is 5.32 Å². The van der Waals surface area contributed by atoms with Crippen LogP contribution >= 0.6 is 11.8 Å². The topological polar surface area (TPSA) is 52.7 Å². The molecule has 0 spiro atoms. The molecule has 35 heavy (non-hydrogen) atoms. The summed E-state index contributed by atoms with van der Waals surface area (Å²) in [5.74, 6) is 0.554. The van der Waals surface area contributed by atoms with E-state index in [4.69, 9.17) is 0 Å². The molecule has 1 atom stereocenters.